The van der Waals surface area contributed by atoms with Gasteiger partial charge in [0.05, 0.1) is 0 Å². The summed E-state index contributed by atoms with van der Waals surface area (Å²) in [6, 6.07) is 0. The summed E-state index contributed by atoms with van der Waals surface area (Å²) >= 11 is 0. The van der Waals surface area contributed by atoms with E-state index in [0.29, 0.717) is 0 Å². The second kappa shape index (κ2) is 2.08. The molecule has 0 aliphatic heterocycles. The molecule has 29 valence electrons. The van der Waals surface area contributed by atoms with Crippen molar-refractivity contribution in [3.8, 4) is 0 Å². The van der Waals surface area contributed by atoms with Gasteiger partial charge >= 0.3 is 7.91 Å². The van der Waals surface area contributed by atoms with E-state index in [1.54, 1.807) is 0 Å². The van der Waals surface area contributed by atoms with Gasteiger partial charge < -0.3 is 0 Å². The van der Waals surface area contributed by atoms with E-state index in [0.717, 1.165) is 0 Å². The summed E-state index contributed by atoms with van der Waals surface area (Å²) in [5.41, 5.74) is 0. The molecule has 0 rings (SSSR count). The summed E-state index contributed by atoms with van der Waals surface area (Å²) in [5, 5.41) is 8.53. The third-order valence-corrected chi connectivity index (χ3v) is 0.183. The molecule has 0 bridgehead atoms. The highest BCUT2D eigenvalue weighted by atomic mass is 31.1. The normalized spacial score (nSPS) is 7.40. The van der Waals surface area contributed by atoms with Gasteiger partial charge in [0.25, 0.3) is 0 Å². The highest BCUT2D eigenvalue weighted by molar-refractivity contribution is 7.24. The molecule has 0 aromatic rings. The maximum absolute atomic E-state index is 8.87. The Labute approximate surface area is 28.2 Å². The lowest BCUT2D eigenvalue weighted by atomic mass is 15.0. The molecule has 0 aliphatic carbocycles. The molecule has 0 heterocycles. The Balaban J connectivity index is 3.23. The molecule has 0 aliphatic rings. The van der Waals surface area contributed by atoms with Crippen molar-refractivity contribution < 1.29 is 19.1 Å². The summed E-state index contributed by atoms with van der Waals surface area (Å²) in [6.45, 7) is 0. The Morgan fingerprint density at radius 3 is 1.60 bits per heavy atom. The van der Waals surface area contributed by atoms with Crippen LogP contribution in [0.2, 0.25) is 0 Å². The number of rotatable bonds is 1. The SMILES string of the molecule is [O]OP(=O)=O. The van der Waals surface area contributed by atoms with E-state index in [2.05, 4.69) is 4.67 Å². The predicted molar refractivity (Wildman–Crippen MR) is 10.1 cm³/mol. The summed E-state index contributed by atoms with van der Waals surface area (Å²) in [5.74, 6) is 0. The average Bonchev–Trinajstić information content (AvgIpc) is 1.38. The van der Waals surface area contributed by atoms with E-state index in [1.165, 1.54) is 0 Å². The molecule has 5 heavy (non-hydrogen) atoms. The van der Waals surface area contributed by atoms with Crippen LogP contribution in [-0.4, -0.2) is 0 Å². The molecule has 0 N–H and O–H groups in total. The molecule has 0 saturated heterocycles. The third kappa shape index (κ3) is 3.82. The summed E-state index contributed by atoms with van der Waals surface area (Å²) < 4.78 is 20.2. The summed E-state index contributed by atoms with van der Waals surface area (Å²) in [6.07, 6.45) is 0. The molecule has 1 radical (unpaired) electrons. The molecule has 4 nitrogen and oxygen atoms in total. The van der Waals surface area contributed by atoms with Gasteiger partial charge in [0.2, 0.25) is 0 Å². The van der Waals surface area contributed by atoms with E-state index in [4.69, 9.17) is 14.4 Å². The first-order chi connectivity index (χ1) is 2.27. The molecule has 0 amide bonds. The van der Waals surface area contributed by atoms with Crippen molar-refractivity contribution in [2.24, 2.45) is 0 Å². The molecule has 0 unspecified atom stereocenters. The van der Waals surface area contributed by atoms with Crippen molar-refractivity contribution in [3.63, 3.8) is 0 Å². The van der Waals surface area contributed by atoms with Crippen LogP contribution in [0.3, 0.4) is 0 Å². The third-order valence-electron chi connectivity index (χ3n) is 0.0609. The van der Waals surface area contributed by atoms with E-state index in [-0.39, 0.29) is 0 Å². The van der Waals surface area contributed by atoms with Gasteiger partial charge in [-0.1, -0.05) is 4.67 Å². The van der Waals surface area contributed by atoms with Crippen molar-refractivity contribution >= 4 is 7.91 Å². The molecule has 5 heteroatoms. The van der Waals surface area contributed by atoms with Crippen LogP contribution in [0.25, 0.3) is 0 Å². The fraction of sp³-hybridized carbons (Fsp3) is 0. The zero-order valence-corrected chi connectivity index (χ0v) is 2.97. The maximum atomic E-state index is 8.87. The monoisotopic (exact) mass is 95.0 g/mol. The molecular formula is O4P. The van der Waals surface area contributed by atoms with Crippen molar-refractivity contribution in [1.29, 1.82) is 0 Å². The van der Waals surface area contributed by atoms with Crippen molar-refractivity contribution in [2.45, 2.75) is 0 Å². The quantitative estimate of drug-likeness (QED) is 0.269. The standard InChI is InChI=1S/O4P/c1-4-5(2)3. The van der Waals surface area contributed by atoms with Crippen LogP contribution in [0.1, 0.15) is 0 Å². The lowest BCUT2D eigenvalue weighted by Gasteiger charge is -1.53. The molecule has 0 spiro atoms. The Morgan fingerprint density at radius 2 is 1.60 bits per heavy atom. The second-order valence-corrected chi connectivity index (χ2v) is 0.894. The largest absolute Gasteiger partial charge is 0.498 e. The van der Waals surface area contributed by atoms with Gasteiger partial charge in [0, 0.05) is 0 Å². The minimum absolute atomic E-state index is 2.45. The second-order valence-electron chi connectivity index (χ2n) is 0.298. The molecule has 0 fully saturated rings. The fourth-order valence-corrected chi connectivity index (χ4v) is 0. The number of hydrogen-bond donors (Lipinski definition) is 0. The highest BCUT2D eigenvalue weighted by Crippen LogP contribution is 1.98. The van der Waals surface area contributed by atoms with Gasteiger partial charge in [-0.15, -0.1) is 0 Å². The lowest BCUT2D eigenvalue weighted by Crippen LogP contribution is -1.45. The summed E-state index contributed by atoms with van der Waals surface area (Å²) in [7, 11) is -3.15. The summed E-state index contributed by atoms with van der Waals surface area (Å²) in [4.78, 5) is 0. The van der Waals surface area contributed by atoms with Crippen LogP contribution in [0.5, 0.6) is 0 Å². The van der Waals surface area contributed by atoms with Crippen LogP contribution in [0, 0.1) is 0 Å². The molecule has 0 aromatic carbocycles. The molecular weight excluding hydrogens is 95.0 g/mol. The van der Waals surface area contributed by atoms with E-state index in [9.17, 15) is 0 Å². The van der Waals surface area contributed by atoms with Crippen LogP contribution >= 0.6 is 7.91 Å². The van der Waals surface area contributed by atoms with Gasteiger partial charge in [-0.2, -0.15) is 0 Å². The molecule has 0 aromatic heterocycles. The zero-order valence-electron chi connectivity index (χ0n) is 2.08. The van der Waals surface area contributed by atoms with Crippen molar-refractivity contribution in [1.82, 2.24) is 0 Å². The van der Waals surface area contributed by atoms with Crippen LogP contribution in [-0.2, 0) is 19.1 Å². The van der Waals surface area contributed by atoms with Crippen molar-refractivity contribution in [3.05, 3.63) is 0 Å². The average molecular weight is 95.0 g/mol. The highest BCUT2D eigenvalue weighted by Gasteiger charge is 1.78. The predicted octanol–water partition coefficient (Wildman–Crippen LogP) is 0.436. The number of hydrogen-bond acceptors (Lipinski definition) is 3. The first-order valence-electron chi connectivity index (χ1n) is 0.714. The van der Waals surface area contributed by atoms with Gasteiger partial charge in [0.15, 0.2) is 0 Å². The van der Waals surface area contributed by atoms with Crippen LogP contribution in [0.15, 0.2) is 0 Å². The minimum Gasteiger partial charge on any atom is -0.201 e. The van der Waals surface area contributed by atoms with Crippen molar-refractivity contribution in [2.75, 3.05) is 0 Å². The first-order valence-corrected chi connectivity index (χ1v) is 1.81. The lowest BCUT2D eigenvalue weighted by molar-refractivity contribution is -0.204. The fourth-order valence-electron chi connectivity index (χ4n) is 0. The Morgan fingerprint density at radius 1 is 1.40 bits per heavy atom. The van der Waals surface area contributed by atoms with Gasteiger partial charge in [-0.3, -0.25) is 0 Å². The zero-order chi connectivity index (χ0) is 4.28. The van der Waals surface area contributed by atoms with Gasteiger partial charge in [-0.05, 0) is 5.26 Å². The first kappa shape index (κ1) is 4.82. The maximum Gasteiger partial charge on any atom is 0.498 e. The Kier molecular flexibility index (Phi) is 2.01. The Hall–Kier alpha value is -0.180. The van der Waals surface area contributed by atoms with Gasteiger partial charge in [-0.25, -0.2) is 9.13 Å². The molecule has 0 atom stereocenters. The smallest absolute Gasteiger partial charge is 0.201 e. The van der Waals surface area contributed by atoms with Crippen LogP contribution in [0.4, 0.5) is 0 Å². The van der Waals surface area contributed by atoms with E-state index in [1.807, 2.05) is 0 Å². The Bertz CT molecular complexity index is 61.7. The van der Waals surface area contributed by atoms with E-state index < -0.39 is 7.91 Å². The van der Waals surface area contributed by atoms with Crippen LogP contribution < -0.4 is 0 Å². The van der Waals surface area contributed by atoms with Gasteiger partial charge in [0.1, 0.15) is 0 Å². The molecule has 0 saturated carbocycles. The topological polar surface area (TPSA) is 63.3 Å². The minimum atomic E-state index is -3.15. The van der Waals surface area contributed by atoms with E-state index >= 15 is 0 Å².